The third-order valence-electron chi connectivity index (χ3n) is 3.65. The SMILES string of the molecule is CS(=O)(=O)Cc1ccc(C(=O)OCc2cc(Cl)c3c(c2)OCCO3)cc1. The maximum absolute atomic E-state index is 12.2. The minimum absolute atomic E-state index is 0.0281. The Morgan fingerprint density at radius 1 is 1.12 bits per heavy atom. The number of esters is 1. The van der Waals surface area contributed by atoms with Gasteiger partial charge in [-0.3, -0.25) is 0 Å². The zero-order valence-electron chi connectivity index (χ0n) is 14.0. The van der Waals surface area contributed by atoms with Crippen molar-refractivity contribution >= 4 is 27.4 Å². The van der Waals surface area contributed by atoms with E-state index in [2.05, 4.69) is 0 Å². The van der Waals surface area contributed by atoms with Gasteiger partial charge >= 0.3 is 5.97 Å². The van der Waals surface area contributed by atoms with Crippen molar-refractivity contribution in [2.45, 2.75) is 12.4 Å². The Balaban J connectivity index is 1.64. The van der Waals surface area contributed by atoms with Gasteiger partial charge in [0.2, 0.25) is 0 Å². The fourth-order valence-electron chi connectivity index (χ4n) is 2.52. The summed E-state index contributed by atoms with van der Waals surface area (Å²) in [6.45, 7) is 0.906. The van der Waals surface area contributed by atoms with Gasteiger partial charge in [0.15, 0.2) is 21.3 Å². The first-order valence-electron chi connectivity index (χ1n) is 7.83. The molecule has 1 aliphatic rings. The first-order valence-corrected chi connectivity index (χ1v) is 10.3. The first kappa shape index (κ1) is 18.5. The molecule has 2 aromatic rings. The van der Waals surface area contributed by atoms with Crippen LogP contribution in [0.15, 0.2) is 36.4 Å². The van der Waals surface area contributed by atoms with Crippen LogP contribution < -0.4 is 9.47 Å². The van der Waals surface area contributed by atoms with Gasteiger partial charge < -0.3 is 14.2 Å². The molecule has 2 aromatic carbocycles. The second-order valence-electron chi connectivity index (χ2n) is 5.94. The zero-order chi connectivity index (χ0) is 18.7. The summed E-state index contributed by atoms with van der Waals surface area (Å²) in [6, 6.07) is 9.66. The highest BCUT2D eigenvalue weighted by Gasteiger charge is 2.17. The van der Waals surface area contributed by atoms with Gasteiger partial charge in [0.05, 0.1) is 16.3 Å². The highest BCUT2D eigenvalue weighted by Crippen LogP contribution is 2.38. The third kappa shape index (κ3) is 4.68. The van der Waals surface area contributed by atoms with Crippen molar-refractivity contribution in [3.05, 3.63) is 58.1 Å². The molecule has 0 radical (unpaired) electrons. The van der Waals surface area contributed by atoms with E-state index in [-0.39, 0.29) is 12.4 Å². The summed E-state index contributed by atoms with van der Waals surface area (Å²) in [4.78, 5) is 12.2. The molecular formula is C18H17ClO6S. The number of halogens is 1. The molecule has 0 saturated heterocycles. The summed E-state index contributed by atoms with van der Waals surface area (Å²) < 4.78 is 38.8. The van der Waals surface area contributed by atoms with E-state index in [9.17, 15) is 13.2 Å². The van der Waals surface area contributed by atoms with E-state index in [0.29, 0.717) is 46.4 Å². The largest absolute Gasteiger partial charge is 0.486 e. The van der Waals surface area contributed by atoms with E-state index in [1.165, 1.54) is 0 Å². The fraction of sp³-hybridized carbons (Fsp3) is 0.278. The van der Waals surface area contributed by atoms with Gasteiger partial charge in [0, 0.05) is 6.26 Å². The van der Waals surface area contributed by atoms with Crippen LogP contribution in [0.5, 0.6) is 11.5 Å². The number of sulfone groups is 1. The van der Waals surface area contributed by atoms with Crippen LogP contribution >= 0.6 is 11.6 Å². The molecule has 0 aliphatic carbocycles. The smallest absolute Gasteiger partial charge is 0.338 e. The van der Waals surface area contributed by atoms with Crippen LogP contribution in [0.3, 0.4) is 0 Å². The van der Waals surface area contributed by atoms with Gasteiger partial charge in [0.25, 0.3) is 0 Å². The van der Waals surface area contributed by atoms with Crippen LogP contribution in [0.2, 0.25) is 5.02 Å². The van der Waals surface area contributed by atoms with Gasteiger partial charge in [0.1, 0.15) is 19.8 Å². The Bertz CT molecular complexity index is 921. The molecule has 0 N–H and O–H groups in total. The molecule has 0 saturated carbocycles. The Kier molecular flexibility index (Phi) is 5.38. The number of benzene rings is 2. The number of fused-ring (bicyclic) bond motifs is 1. The molecule has 0 aromatic heterocycles. The molecule has 8 heteroatoms. The topological polar surface area (TPSA) is 78.9 Å². The summed E-state index contributed by atoms with van der Waals surface area (Å²) in [5.41, 5.74) is 1.63. The van der Waals surface area contributed by atoms with Crippen molar-refractivity contribution in [3.8, 4) is 11.5 Å². The quantitative estimate of drug-likeness (QED) is 0.723. The standard InChI is InChI=1S/C18H17ClO6S/c1-26(21,22)11-12-2-4-14(5-3-12)18(20)25-10-13-8-15(19)17-16(9-13)23-6-7-24-17/h2-5,8-9H,6-7,10-11H2,1H3. The Morgan fingerprint density at radius 3 is 2.50 bits per heavy atom. The molecule has 0 unspecified atom stereocenters. The van der Waals surface area contributed by atoms with Crippen molar-refractivity contribution in [2.75, 3.05) is 19.5 Å². The fourth-order valence-corrected chi connectivity index (χ4v) is 3.61. The van der Waals surface area contributed by atoms with Crippen molar-refractivity contribution < 1.29 is 27.4 Å². The van der Waals surface area contributed by atoms with Crippen molar-refractivity contribution in [1.29, 1.82) is 0 Å². The average Bonchev–Trinajstić information content (AvgIpc) is 2.59. The molecule has 1 heterocycles. The minimum Gasteiger partial charge on any atom is -0.486 e. The van der Waals surface area contributed by atoms with Crippen LogP contribution in [0, 0.1) is 0 Å². The second-order valence-corrected chi connectivity index (χ2v) is 8.49. The van der Waals surface area contributed by atoms with Crippen molar-refractivity contribution in [3.63, 3.8) is 0 Å². The summed E-state index contributed by atoms with van der Waals surface area (Å²) >= 11 is 6.16. The molecule has 1 aliphatic heterocycles. The number of ether oxygens (including phenoxy) is 3. The normalized spacial score (nSPS) is 13.3. The summed E-state index contributed by atoms with van der Waals surface area (Å²) in [7, 11) is -3.12. The summed E-state index contributed by atoms with van der Waals surface area (Å²) in [5.74, 6) is 0.439. The van der Waals surface area contributed by atoms with Gasteiger partial charge in [-0.15, -0.1) is 0 Å². The van der Waals surface area contributed by atoms with Gasteiger partial charge in [-0.05, 0) is 35.4 Å². The predicted molar refractivity (Wildman–Crippen MR) is 96.6 cm³/mol. The lowest BCUT2D eigenvalue weighted by molar-refractivity contribution is 0.0472. The predicted octanol–water partition coefficient (Wildman–Crippen LogP) is 3.01. The number of carbonyl (C=O) groups excluding carboxylic acids is 1. The van der Waals surface area contributed by atoms with Crippen molar-refractivity contribution in [1.82, 2.24) is 0 Å². The molecular weight excluding hydrogens is 380 g/mol. The molecule has 0 spiro atoms. The lowest BCUT2D eigenvalue weighted by Crippen LogP contribution is -2.16. The maximum Gasteiger partial charge on any atom is 0.338 e. The van der Waals surface area contributed by atoms with Crippen molar-refractivity contribution in [2.24, 2.45) is 0 Å². The van der Waals surface area contributed by atoms with E-state index < -0.39 is 15.8 Å². The first-order chi connectivity index (χ1) is 12.3. The highest BCUT2D eigenvalue weighted by atomic mass is 35.5. The molecule has 26 heavy (non-hydrogen) atoms. The number of rotatable bonds is 5. The Morgan fingerprint density at radius 2 is 1.81 bits per heavy atom. The number of carbonyl (C=O) groups is 1. The average molecular weight is 397 g/mol. The molecule has 0 bridgehead atoms. The highest BCUT2D eigenvalue weighted by molar-refractivity contribution is 7.89. The van der Waals surface area contributed by atoms with Gasteiger partial charge in [-0.1, -0.05) is 23.7 Å². The Hall–Kier alpha value is -2.25. The van der Waals surface area contributed by atoms with Gasteiger partial charge in [-0.25, -0.2) is 13.2 Å². The lowest BCUT2D eigenvalue weighted by Gasteiger charge is -2.20. The molecule has 138 valence electrons. The molecule has 0 amide bonds. The molecule has 6 nitrogen and oxygen atoms in total. The molecule has 0 atom stereocenters. The zero-order valence-corrected chi connectivity index (χ0v) is 15.6. The minimum atomic E-state index is -3.12. The summed E-state index contributed by atoms with van der Waals surface area (Å²) in [6.07, 6.45) is 1.16. The number of hydrogen-bond donors (Lipinski definition) is 0. The van der Waals surface area contributed by atoms with E-state index in [0.717, 1.165) is 6.26 Å². The number of hydrogen-bond acceptors (Lipinski definition) is 6. The van der Waals surface area contributed by atoms with Crippen LogP contribution in [0.4, 0.5) is 0 Å². The van der Waals surface area contributed by atoms with E-state index in [1.807, 2.05) is 0 Å². The monoisotopic (exact) mass is 396 g/mol. The lowest BCUT2D eigenvalue weighted by atomic mass is 10.1. The van der Waals surface area contributed by atoms with E-state index in [1.54, 1.807) is 36.4 Å². The second kappa shape index (κ2) is 7.55. The van der Waals surface area contributed by atoms with Crippen LogP contribution in [-0.2, 0) is 26.9 Å². The maximum atomic E-state index is 12.2. The van der Waals surface area contributed by atoms with Crippen LogP contribution in [-0.4, -0.2) is 33.9 Å². The molecule has 3 rings (SSSR count). The van der Waals surface area contributed by atoms with E-state index in [4.69, 9.17) is 25.8 Å². The third-order valence-corrected chi connectivity index (χ3v) is 4.78. The van der Waals surface area contributed by atoms with Crippen LogP contribution in [0.1, 0.15) is 21.5 Å². The van der Waals surface area contributed by atoms with Crippen LogP contribution in [0.25, 0.3) is 0 Å². The summed E-state index contributed by atoms with van der Waals surface area (Å²) in [5, 5.41) is 0.401. The molecule has 0 fully saturated rings. The van der Waals surface area contributed by atoms with E-state index >= 15 is 0 Å². The van der Waals surface area contributed by atoms with Gasteiger partial charge in [-0.2, -0.15) is 0 Å². The Labute approximate surface area is 156 Å².